The van der Waals surface area contributed by atoms with Crippen molar-refractivity contribution in [2.45, 2.75) is 0 Å². The zero-order valence-corrected chi connectivity index (χ0v) is 3.42. The zero-order valence-electron chi connectivity index (χ0n) is 2.60. The van der Waals surface area contributed by atoms with Gasteiger partial charge >= 0.3 is 0 Å². The number of rotatable bonds is 1. The summed E-state index contributed by atoms with van der Waals surface area (Å²) in [6, 6.07) is 0. The van der Waals surface area contributed by atoms with Crippen molar-refractivity contribution < 1.29 is 4.79 Å². The molecule has 0 bridgehead atoms. The van der Waals surface area contributed by atoms with E-state index in [2.05, 4.69) is 12.6 Å². The summed E-state index contributed by atoms with van der Waals surface area (Å²) in [5.74, 6) is 0. The third-order valence-corrected chi connectivity index (χ3v) is 0.333. The number of hydrogen-bond acceptors (Lipinski definition) is 3. The highest BCUT2D eigenvalue weighted by atomic mass is 32.1. The van der Waals surface area contributed by atoms with Crippen molar-refractivity contribution in [2.75, 3.05) is 6.54 Å². The molecule has 0 saturated carbocycles. The van der Waals surface area contributed by atoms with Gasteiger partial charge in [0.25, 0.3) is 0 Å². The third kappa shape index (κ3) is 3.85. The topological polar surface area (TPSA) is 43.1 Å². The molecule has 0 atom stereocenters. The first-order valence-corrected chi connectivity index (χ1v) is 1.58. The van der Waals surface area contributed by atoms with Gasteiger partial charge in [0.2, 0.25) is 0 Å². The van der Waals surface area contributed by atoms with E-state index in [1.165, 1.54) is 0 Å². The van der Waals surface area contributed by atoms with Crippen LogP contribution in [0, 0.1) is 0 Å². The van der Waals surface area contributed by atoms with Crippen molar-refractivity contribution in [1.29, 1.82) is 0 Å². The fourth-order valence-corrected chi connectivity index (χ4v) is 0. The van der Waals surface area contributed by atoms with Gasteiger partial charge in [0.15, 0.2) is 0 Å². The second-order valence-electron chi connectivity index (χ2n) is 0.576. The molecule has 3 heteroatoms. The van der Waals surface area contributed by atoms with Crippen molar-refractivity contribution in [2.24, 2.45) is 5.73 Å². The summed E-state index contributed by atoms with van der Waals surface area (Å²) in [6.07, 6.45) is 0. The predicted octanol–water partition coefficient (Wildman–Crippen LogP) is -0.981. The molecule has 0 unspecified atom stereocenters. The summed E-state index contributed by atoms with van der Waals surface area (Å²) < 4.78 is 0. The van der Waals surface area contributed by atoms with E-state index in [0.717, 1.165) is 0 Å². The Hall–Kier alpha value is -0.150. The highest BCUT2D eigenvalue weighted by Crippen LogP contribution is 1.48. The van der Waals surface area contributed by atoms with Crippen LogP contribution in [0.25, 0.3) is 0 Å². The van der Waals surface area contributed by atoms with E-state index in [9.17, 15) is 4.79 Å². The fraction of sp³-hybridized carbons (Fsp3) is 0.500. The molecule has 30 valence electrons. The van der Waals surface area contributed by atoms with Gasteiger partial charge in [-0.1, -0.05) is 0 Å². The summed E-state index contributed by atoms with van der Waals surface area (Å²) in [6.45, 7) is -0.0185. The Balaban J connectivity index is 2.85. The molecule has 5 heavy (non-hydrogen) atoms. The lowest BCUT2D eigenvalue weighted by molar-refractivity contribution is -0.109. The van der Waals surface area contributed by atoms with Crippen LogP contribution >= 0.6 is 0 Å². The molecule has 0 saturated heterocycles. The first-order chi connectivity index (χ1) is 2.27. The zero-order chi connectivity index (χ0) is 4.28. The van der Waals surface area contributed by atoms with Crippen LogP contribution in [0.1, 0.15) is 0 Å². The highest BCUT2D eigenvalue weighted by Gasteiger charge is 1.63. The second kappa shape index (κ2) is 2.11. The molecule has 2 nitrogen and oxygen atoms in total. The maximum atomic E-state index is 9.50. The summed E-state index contributed by atoms with van der Waals surface area (Å²) in [4.78, 5) is 9.50. The summed E-state index contributed by atoms with van der Waals surface area (Å²) in [7, 11) is 0. The molecular formula is C2H4NOS-. The van der Waals surface area contributed by atoms with E-state index in [0.29, 0.717) is 0 Å². The lowest BCUT2D eigenvalue weighted by atomic mass is 10.8. The van der Waals surface area contributed by atoms with Gasteiger partial charge in [-0.15, -0.1) is 0 Å². The molecule has 0 heterocycles. The van der Waals surface area contributed by atoms with Gasteiger partial charge in [0, 0.05) is 11.7 Å². The summed E-state index contributed by atoms with van der Waals surface area (Å²) in [5.41, 5.74) is 4.72. The fourth-order valence-electron chi connectivity index (χ4n) is 0. The lowest BCUT2D eigenvalue weighted by Gasteiger charge is -1.91. The monoisotopic (exact) mass is 90.0 g/mol. The van der Waals surface area contributed by atoms with Crippen LogP contribution in [0.3, 0.4) is 0 Å². The van der Waals surface area contributed by atoms with Crippen LogP contribution in [0.5, 0.6) is 0 Å². The predicted molar refractivity (Wildman–Crippen MR) is 21.4 cm³/mol. The summed E-state index contributed by atoms with van der Waals surface area (Å²) >= 11 is 4.02. The van der Waals surface area contributed by atoms with E-state index in [-0.39, 0.29) is 11.7 Å². The molecule has 0 aromatic rings. The van der Waals surface area contributed by atoms with E-state index in [1.54, 1.807) is 0 Å². The maximum absolute atomic E-state index is 9.50. The lowest BCUT2D eigenvalue weighted by Crippen LogP contribution is -2.08. The first kappa shape index (κ1) is 4.85. The Bertz CT molecular complexity index is 44.9. The van der Waals surface area contributed by atoms with E-state index < -0.39 is 0 Å². The van der Waals surface area contributed by atoms with Gasteiger partial charge in [0.1, 0.15) is 0 Å². The molecule has 0 aliphatic heterocycles. The van der Waals surface area contributed by atoms with Crippen LogP contribution in [0.15, 0.2) is 0 Å². The molecule has 0 fully saturated rings. The molecule has 0 radical (unpaired) electrons. The van der Waals surface area contributed by atoms with Crippen LogP contribution in [-0.2, 0) is 17.4 Å². The molecule has 0 aromatic carbocycles. The smallest absolute Gasteiger partial charge is 0.0299 e. The van der Waals surface area contributed by atoms with Gasteiger partial charge < -0.3 is 23.2 Å². The Labute approximate surface area is 35.8 Å². The minimum Gasteiger partial charge on any atom is -0.741 e. The molecule has 0 aliphatic carbocycles. The average Bonchev–Trinajstić information content (AvgIpc) is 1.38. The van der Waals surface area contributed by atoms with Crippen molar-refractivity contribution in [3.63, 3.8) is 0 Å². The van der Waals surface area contributed by atoms with Crippen LogP contribution in [-0.4, -0.2) is 11.7 Å². The standard InChI is InChI=1S/C2H5NOS/c3-1-2(4)5/h1,3H2,(H,4,5)/p-1. The Morgan fingerprint density at radius 2 is 2.20 bits per heavy atom. The molecule has 0 amide bonds. The molecule has 0 aliphatic rings. The first-order valence-electron chi connectivity index (χ1n) is 1.17. The van der Waals surface area contributed by atoms with E-state index in [4.69, 9.17) is 5.73 Å². The number of hydrogen-bond donors (Lipinski definition) is 1. The Morgan fingerprint density at radius 1 is 2.00 bits per heavy atom. The largest absolute Gasteiger partial charge is 0.741 e. The van der Waals surface area contributed by atoms with Crippen LogP contribution < -0.4 is 5.73 Å². The summed E-state index contributed by atoms with van der Waals surface area (Å²) in [5, 5.41) is -0.384. The molecular weight excluding hydrogens is 86.1 g/mol. The highest BCUT2D eigenvalue weighted by molar-refractivity contribution is 7.77. The quantitative estimate of drug-likeness (QED) is 0.421. The molecule has 0 aromatic heterocycles. The van der Waals surface area contributed by atoms with Crippen molar-refractivity contribution in [3.8, 4) is 0 Å². The molecule has 0 rings (SSSR count). The minimum atomic E-state index is -0.384. The molecule has 2 N–H and O–H groups in total. The van der Waals surface area contributed by atoms with E-state index in [1.807, 2.05) is 0 Å². The van der Waals surface area contributed by atoms with E-state index >= 15 is 0 Å². The normalized spacial score (nSPS) is 7.40. The number of nitrogens with two attached hydrogens (primary N) is 1. The van der Waals surface area contributed by atoms with Crippen molar-refractivity contribution in [1.82, 2.24) is 0 Å². The molecule has 0 spiro atoms. The van der Waals surface area contributed by atoms with Gasteiger partial charge in [-0.25, -0.2) is 0 Å². The Morgan fingerprint density at radius 3 is 2.20 bits per heavy atom. The maximum Gasteiger partial charge on any atom is 0.0299 e. The van der Waals surface area contributed by atoms with Crippen molar-refractivity contribution >= 4 is 17.7 Å². The number of carbonyl (C=O) groups excluding carboxylic acids is 1. The minimum absolute atomic E-state index is 0.0185. The van der Waals surface area contributed by atoms with Gasteiger partial charge in [-0.2, -0.15) is 0 Å². The SMILES string of the molecule is NCC(=O)[S-]. The van der Waals surface area contributed by atoms with Gasteiger partial charge in [0.05, 0.1) is 0 Å². The average molecular weight is 90.1 g/mol. The van der Waals surface area contributed by atoms with Crippen molar-refractivity contribution in [3.05, 3.63) is 0 Å². The van der Waals surface area contributed by atoms with Crippen LogP contribution in [0.2, 0.25) is 0 Å². The number of carbonyl (C=O) groups is 1. The third-order valence-electron chi connectivity index (χ3n) is 0.167. The Kier molecular flexibility index (Phi) is 2.05. The van der Waals surface area contributed by atoms with Gasteiger partial charge in [-0.05, 0) is 0 Å². The second-order valence-corrected chi connectivity index (χ2v) is 1.03. The van der Waals surface area contributed by atoms with Gasteiger partial charge in [-0.3, -0.25) is 0 Å². The van der Waals surface area contributed by atoms with Crippen LogP contribution in [0.4, 0.5) is 0 Å².